The largest absolute Gasteiger partial charge is 0.359 e. The third kappa shape index (κ3) is 4.80. The highest BCUT2D eigenvalue weighted by atomic mass is 32.2. The molecule has 7 fully saturated rings. The maximum absolute atomic E-state index is 13.1. The number of rotatable bonds is 4. The number of thiol groups is 1. The quantitative estimate of drug-likeness (QED) is 0.354. The first-order chi connectivity index (χ1) is 20.7. The monoisotopic (exact) mass is 650 g/mol. The predicted octanol–water partition coefficient (Wildman–Crippen LogP) is 4.81. The molecule has 0 spiro atoms. The van der Waals surface area contributed by atoms with Crippen molar-refractivity contribution in [2.45, 2.75) is 111 Å². The van der Waals surface area contributed by atoms with Crippen LogP contribution in [0.1, 0.15) is 82.1 Å². The number of hydrogen-bond acceptors (Lipinski definition) is 8. The summed E-state index contributed by atoms with van der Waals surface area (Å²) in [4.78, 5) is 5.07. The van der Waals surface area contributed by atoms with Gasteiger partial charge in [0.1, 0.15) is 6.23 Å². The molecule has 43 heavy (non-hydrogen) atoms. The van der Waals surface area contributed by atoms with Crippen LogP contribution >= 0.6 is 12.6 Å². The third-order valence-corrected chi connectivity index (χ3v) is 16.1. The van der Waals surface area contributed by atoms with Crippen LogP contribution in [0.25, 0.3) is 0 Å². The van der Waals surface area contributed by atoms with E-state index in [2.05, 4.69) is 22.4 Å². The molecule has 8 rings (SSSR count). The fourth-order valence-corrected chi connectivity index (χ4v) is 13.6. The van der Waals surface area contributed by atoms with E-state index >= 15 is 0 Å². The Kier molecular flexibility index (Phi) is 7.56. The number of benzene rings is 1. The van der Waals surface area contributed by atoms with Gasteiger partial charge in [-0.25, -0.2) is 8.42 Å². The zero-order valence-electron chi connectivity index (χ0n) is 24.8. The Labute approximate surface area is 262 Å². The van der Waals surface area contributed by atoms with E-state index in [1.54, 1.807) is 12.1 Å². The van der Waals surface area contributed by atoms with Gasteiger partial charge in [0.2, 0.25) is 0 Å². The highest BCUT2D eigenvalue weighted by Gasteiger charge is 2.61. The van der Waals surface area contributed by atoms with E-state index in [9.17, 15) is 21.4 Å². The minimum atomic E-state index is -4.68. The Hall–Kier alpha value is -0.690. The van der Waals surface area contributed by atoms with Crippen LogP contribution < -0.4 is 0 Å². The molecule has 0 aromatic heterocycles. The Balaban J connectivity index is 1.28. The lowest BCUT2D eigenvalue weighted by Gasteiger charge is -2.65. The smallest absolute Gasteiger partial charge is 0.294 e. The lowest BCUT2D eigenvalue weighted by Crippen LogP contribution is -2.69. The summed E-state index contributed by atoms with van der Waals surface area (Å²) in [5.41, 5.74) is 0.596. The number of fused-ring (bicyclic) bond motifs is 4. The van der Waals surface area contributed by atoms with Crippen LogP contribution in [0.4, 0.5) is 0 Å². The first-order valence-electron chi connectivity index (χ1n) is 16.8. The van der Waals surface area contributed by atoms with E-state index in [4.69, 9.17) is 4.74 Å². The molecule has 11 heteroatoms. The molecule has 1 aromatic rings. The molecular weight excluding hydrogens is 605 g/mol. The summed E-state index contributed by atoms with van der Waals surface area (Å²) >= 11 is 4.00. The van der Waals surface area contributed by atoms with Gasteiger partial charge < -0.3 is 4.74 Å². The second kappa shape index (κ2) is 10.9. The molecule has 5 saturated heterocycles. The molecule has 2 aliphatic carbocycles. The van der Waals surface area contributed by atoms with Gasteiger partial charge in [-0.05, 0) is 125 Å². The van der Waals surface area contributed by atoms with Crippen molar-refractivity contribution >= 4 is 32.6 Å². The summed E-state index contributed by atoms with van der Waals surface area (Å²) < 4.78 is 69.8. The van der Waals surface area contributed by atoms with Gasteiger partial charge in [-0.1, -0.05) is 12.5 Å². The summed E-state index contributed by atoms with van der Waals surface area (Å²) in [5.74, 6) is 2.39. The molecule has 0 radical (unpaired) electrons. The minimum absolute atomic E-state index is 0.0315. The van der Waals surface area contributed by atoms with Crippen molar-refractivity contribution in [3.63, 3.8) is 0 Å². The van der Waals surface area contributed by atoms with Gasteiger partial charge >= 0.3 is 0 Å². The Morgan fingerprint density at radius 1 is 0.814 bits per heavy atom. The number of sulfone groups is 1. The van der Waals surface area contributed by atoms with E-state index in [1.807, 2.05) is 0 Å². The fourth-order valence-electron chi connectivity index (χ4n) is 11.6. The molecule has 0 bridgehead atoms. The molecule has 7 aliphatic rings. The first kappa shape index (κ1) is 29.7. The van der Waals surface area contributed by atoms with Crippen LogP contribution in [0.3, 0.4) is 0 Å². The van der Waals surface area contributed by atoms with Crippen LogP contribution in [0, 0.1) is 35.5 Å². The lowest BCUT2D eigenvalue weighted by molar-refractivity contribution is -0.274. The van der Waals surface area contributed by atoms with E-state index in [0.29, 0.717) is 41.3 Å². The van der Waals surface area contributed by atoms with Gasteiger partial charge in [0.05, 0.1) is 21.0 Å². The highest BCUT2D eigenvalue weighted by Crippen LogP contribution is 2.60. The molecule has 238 valence electrons. The minimum Gasteiger partial charge on any atom is -0.359 e. The van der Waals surface area contributed by atoms with Crippen molar-refractivity contribution in [3.05, 3.63) is 23.8 Å². The van der Waals surface area contributed by atoms with Crippen LogP contribution in [0.5, 0.6) is 0 Å². The van der Waals surface area contributed by atoms with Crippen molar-refractivity contribution in [2.24, 2.45) is 35.5 Å². The van der Waals surface area contributed by atoms with Crippen LogP contribution in [-0.4, -0.2) is 80.3 Å². The molecule has 5 aliphatic heterocycles. The van der Waals surface area contributed by atoms with Gasteiger partial charge in [0, 0.05) is 30.5 Å². The Bertz CT molecular complexity index is 1410. The molecule has 1 aromatic carbocycles. The summed E-state index contributed by atoms with van der Waals surface area (Å²) in [5, 5.41) is -0.426. The van der Waals surface area contributed by atoms with Gasteiger partial charge in [0.15, 0.2) is 9.84 Å². The zero-order chi connectivity index (χ0) is 29.7. The average Bonchev–Trinajstić information content (AvgIpc) is 3.00. The molecule has 11 unspecified atom stereocenters. The fraction of sp³-hybridized carbons (Fsp3) is 0.812. The normalized spacial score (nSPS) is 43.2. The highest BCUT2D eigenvalue weighted by molar-refractivity contribution is 8.03. The first-order valence-corrected chi connectivity index (χ1v) is 20.5. The zero-order valence-corrected chi connectivity index (χ0v) is 27.4. The van der Waals surface area contributed by atoms with Gasteiger partial charge in [0.25, 0.3) is 10.1 Å². The van der Waals surface area contributed by atoms with Crippen LogP contribution in [0.2, 0.25) is 0 Å². The number of piperidine rings is 4. The Morgan fingerprint density at radius 2 is 1.49 bits per heavy atom. The second-order valence-electron chi connectivity index (χ2n) is 14.8. The van der Waals surface area contributed by atoms with Crippen molar-refractivity contribution in [2.75, 3.05) is 24.7 Å². The molecule has 0 amide bonds. The van der Waals surface area contributed by atoms with Crippen molar-refractivity contribution in [3.8, 4) is 0 Å². The van der Waals surface area contributed by atoms with E-state index in [1.165, 1.54) is 57.4 Å². The van der Waals surface area contributed by atoms with Crippen molar-refractivity contribution < 1.29 is 26.1 Å². The van der Waals surface area contributed by atoms with Crippen LogP contribution in [0.15, 0.2) is 28.0 Å². The van der Waals surface area contributed by atoms with Gasteiger partial charge in [-0.3, -0.25) is 14.4 Å². The molecule has 2 saturated carbocycles. The maximum atomic E-state index is 13.1. The standard InChI is InChI=1S/C32H46N2O6S3/c35-42(36,18-41)22-10-11-23(27(17-22)43(37,38)39)28-25-15-21-8-2-12-33-13-4-9-24(30(21)33)31(25)40-32-26(28)16-20-6-1-5-19-7-3-14-34(32)29(19)20/h10-11,17,19-21,24-26,28-32,41H,1-9,12-16,18H2,(H,37,38,39). The number of hydrogen-bond donors (Lipinski definition) is 2. The molecule has 11 atom stereocenters. The van der Waals surface area contributed by atoms with Crippen molar-refractivity contribution in [1.82, 2.24) is 9.80 Å². The number of ether oxygens (including phenoxy) is 1. The van der Waals surface area contributed by atoms with Crippen molar-refractivity contribution in [1.29, 1.82) is 0 Å². The molecule has 5 heterocycles. The van der Waals surface area contributed by atoms with E-state index < -0.39 is 25.0 Å². The van der Waals surface area contributed by atoms with E-state index in [0.717, 1.165) is 38.9 Å². The lowest BCUT2D eigenvalue weighted by atomic mass is 9.54. The molecule has 8 nitrogen and oxygen atoms in total. The Morgan fingerprint density at radius 3 is 2.28 bits per heavy atom. The molecular formula is C32H46N2O6S3. The topological polar surface area (TPSA) is 104 Å². The maximum Gasteiger partial charge on any atom is 0.294 e. The SMILES string of the molecule is O=S(=O)(O)c1cc(S(=O)(=O)CS)ccc1C1C2CC3CCCN4CCCC(C2OC2C1CC1CCCC5CCCN2C51)C34. The predicted molar refractivity (Wildman–Crippen MR) is 166 cm³/mol. The average molecular weight is 651 g/mol. The summed E-state index contributed by atoms with van der Waals surface area (Å²) in [6.45, 7) is 3.35. The summed E-state index contributed by atoms with van der Waals surface area (Å²) in [7, 11) is -8.46. The van der Waals surface area contributed by atoms with E-state index in [-0.39, 0.29) is 39.9 Å². The second-order valence-corrected chi connectivity index (χ2v) is 18.9. The number of nitrogens with zero attached hydrogens (tertiary/aromatic N) is 2. The van der Waals surface area contributed by atoms with Crippen LogP contribution in [-0.2, 0) is 24.7 Å². The third-order valence-electron chi connectivity index (χ3n) is 12.9. The molecule has 1 N–H and O–H groups in total. The summed E-state index contributed by atoms with van der Waals surface area (Å²) in [6, 6.07) is 5.54. The summed E-state index contributed by atoms with van der Waals surface area (Å²) in [6.07, 6.45) is 12.9. The van der Waals surface area contributed by atoms with Gasteiger partial charge in [-0.15, -0.1) is 0 Å². The van der Waals surface area contributed by atoms with Gasteiger partial charge in [-0.2, -0.15) is 21.0 Å².